The zero-order valence-corrected chi connectivity index (χ0v) is 14.7. The summed E-state index contributed by atoms with van der Waals surface area (Å²) < 4.78 is 4.71. The summed E-state index contributed by atoms with van der Waals surface area (Å²) in [7, 11) is 1.37. The third-order valence-electron chi connectivity index (χ3n) is 4.37. The highest BCUT2D eigenvalue weighted by atomic mass is 16.5. The van der Waals surface area contributed by atoms with Crippen LogP contribution in [-0.2, 0) is 4.74 Å². The molecule has 1 aromatic carbocycles. The average molecular weight is 340 g/mol. The van der Waals surface area contributed by atoms with Gasteiger partial charge < -0.3 is 15.4 Å². The summed E-state index contributed by atoms with van der Waals surface area (Å²) in [6.45, 7) is 1.89. The summed E-state index contributed by atoms with van der Waals surface area (Å²) in [5.74, 6) is 1.96. The van der Waals surface area contributed by atoms with Gasteiger partial charge in [-0.2, -0.15) is 0 Å². The summed E-state index contributed by atoms with van der Waals surface area (Å²) >= 11 is 0. The van der Waals surface area contributed by atoms with Crippen LogP contribution >= 0.6 is 0 Å². The van der Waals surface area contributed by atoms with E-state index in [4.69, 9.17) is 4.74 Å². The molecule has 0 saturated heterocycles. The predicted octanol–water partition coefficient (Wildman–Crippen LogP) is 4.06. The molecule has 1 aromatic heterocycles. The first-order valence-electron chi connectivity index (χ1n) is 8.71. The molecule has 0 bridgehead atoms. The van der Waals surface area contributed by atoms with Gasteiger partial charge in [0.05, 0.1) is 12.7 Å². The Kier molecular flexibility index (Phi) is 5.48. The van der Waals surface area contributed by atoms with Crippen LogP contribution in [0, 0.1) is 6.92 Å². The quantitative estimate of drug-likeness (QED) is 0.800. The van der Waals surface area contributed by atoms with Crippen LogP contribution in [0.3, 0.4) is 0 Å². The normalized spacial score (nSPS) is 14.8. The number of aryl methyl sites for hydroxylation is 1. The van der Waals surface area contributed by atoms with E-state index in [1.54, 1.807) is 12.1 Å². The minimum absolute atomic E-state index is 0.344. The molecule has 0 atom stereocenters. The van der Waals surface area contributed by atoms with Crippen LogP contribution in [-0.4, -0.2) is 29.1 Å². The van der Waals surface area contributed by atoms with E-state index >= 15 is 0 Å². The number of carbonyl (C=O) groups is 1. The van der Waals surface area contributed by atoms with Crippen molar-refractivity contribution >= 4 is 23.3 Å². The topological polar surface area (TPSA) is 76.1 Å². The molecule has 6 nitrogen and oxygen atoms in total. The van der Waals surface area contributed by atoms with Gasteiger partial charge in [0.1, 0.15) is 17.5 Å². The van der Waals surface area contributed by atoms with E-state index < -0.39 is 0 Å². The molecule has 1 heterocycles. The summed E-state index contributed by atoms with van der Waals surface area (Å²) in [5.41, 5.74) is 1.38. The average Bonchev–Trinajstić information content (AvgIpc) is 2.62. The van der Waals surface area contributed by atoms with Gasteiger partial charge in [-0.25, -0.2) is 14.8 Å². The molecule has 6 heteroatoms. The fraction of sp³-hybridized carbons (Fsp3) is 0.421. The van der Waals surface area contributed by atoms with Gasteiger partial charge in [-0.1, -0.05) is 19.3 Å². The number of rotatable bonds is 5. The molecule has 3 rings (SSSR count). The molecule has 0 radical (unpaired) electrons. The highest BCUT2D eigenvalue weighted by Gasteiger charge is 2.14. The summed E-state index contributed by atoms with van der Waals surface area (Å²) in [4.78, 5) is 20.4. The van der Waals surface area contributed by atoms with Crippen molar-refractivity contribution in [3.63, 3.8) is 0 Å². The van der Waals surface area contributed by atoms with Gasteiger partial charge in [0, 0.05) is 17.8 Å². The molecule has 0 aliphatic heterocycles. The first-order chi connectivity index (χ1) is 12.1. The molecule has 1 aliphatic rings. The number of benzene rings is 1. The fourth-order valence-corrected chi connectivity index (χ4v) is 3.12. The molecule has 2 N–H and O–H groups in total. The molecule has 25 heavy (non-hydrogen) atoms. The lowest BCUT2D eigenvalue weighted by atomic mass is 9.95. The zero-order chi connectivity index (χ0) is 17.6. The van der Waals surface area contributed by atoms with E-state index in [2.05, 4.69) is 20.6 Å². The first-order valence-corrected chi connectivity index (χ1v) is 8.71. The molecule has 132 valence electrons. The third kappa shape index (κ3) is 4.68. The van der Waals surface area contributed by atoms with Gasteiger partial charge in [0.15, 0.2) is 0 Å². The first kappa shape index (κ1) is 17.2. The standard InChI is InChI=1S/C19H24N4O2/c1-13-20-17(22-15-6-4-3-5-7-15)12-18(21-13)23-16-10-8-14(9-11-16)19(24)25-2/h8-12,15H,3-7H2,1-2H3,(H2,20,21,22,23). The largest absolute Gasteiger partial charge is 0.465 e. The van der Waals surface area contributed by atoms with Gasteiger partial charge in [-0.05, 0) is 44.0 Å². The van der Waals surface area contributed by atoms with Crippen molar-refractivity contribution in [1.82, 2.24) is 9.97 Å². The summed E-state index contributed by atoms with van der Waals surface area (Å²) in [6.07, 6.45) is 6.27. The zero-order valence-electron chi connectivity index (χ0n) is 14.7. The van der Waals surface area contributed by atoms with Gasteiger partial charge in [0.2, 0.25) is 0 Å². The molecule has 2 aromatic rings. The number of hydrogen-bond donors (Lipinski definition) is 2. The second kappa shape index (κ2) is 7.96. The molecular formula is C19H24N4O2. The number of methoxy groups -OCH3 is 1. The van der Waals surface area contributed by atoms with Gasteiger partial charge in [-0.15, -0.1) is 0 Å². The molecule has 0 amide bonds. The van der Waals surface area contributed by atoms with Gasteiger partial charge in [-0.3, -0.25) is 0 Å². The maximum Gasteiger partial charge on any atom is 0.337 e. The highest BCUT2D eigenvalue weighted by molar-refractivity contribution is 5.89. The maximum absolute atomic E-state index is 11.5. The van der Waals surface area contributed by atoms with E-state index in [0.29, 0.717) is 11.6 Å². The van der Waals surface area contributed by atoms with Crippen molar-refractivity contribution in [1.29, 1.82) is 0 Å². The SMILES string of the molecule is COC(=O)c1ccc(Nc2cc(NC3CCCCC3)nc(C)n2)cc1. The molecule has 0 spiro atoms. The van der Waals surface area contributed by atoms with Crippen LogP contribution in [0.25, 0.3) is 0 Å². The predicted molar refractivity (Wildman–Crippen MR) is 98.3 cm³/mol. The monoisotopic (exact) mass is 340 g/mol. The van der Waals surface area contributed by atoms with Crippen LogP contribution in [0.2, 0.25) is 0 Å². The van der Waals surface area contributed by atoms with E-state index in [0.717, 1.165) is 23.1 Å². The van der Waals surface area contributed by atoms with E-state index in [-0.39, 0.29) is 5.97 Å². The lowest BCUT2D eigenvalue weighted by Crippen LogP contribution is -2.23. The van der Waals surface area contributed by atoms with E-state index in [1.165, 1.54) is 39.2 Å². The Morgan fingerprint density at radius 1 is 1.08 bits per heavy atom. The van der Waals surface area contributed by atoms with Crippen LogP contribution in [0.15, 0.2) is 30.3 Å². The van der Waals surface area contributed by atoms with Crippen LogP contribution in [0.4, 0.5) is 17.3 Å². The summed E-state index contributed by atoms with van der Waals surface area (Å²) in [6, 6.07) is 9.54. The lowest BCUT2D eigenvalue weighted by Gasteiger charge is -2.23. The van der Waals surface area contributed by atoms with Crippen LogP contribution in [0.5, 0.6) is 0 Å². The number of hydrogen-bond acceptors (Lipinski definition) is 6. The molecular weight excluding hydrogens is 316 g/mol. The Balaban J connectivity index is 1.70. The second-order valence-electron chi connectivity index (χ2n) is 6.36. The van der Waals surface area contributed by atoms with Crippen molar-refractivity contribution in [3.05, 3.63) is 41.7 Å². The minimum Gasteiger partial charge on any atom is -0.465 e. The van der Waals surface area contributed by atoms with Crippen molar-refractivity contribution in [3.8, 4) is 0 Å². The number of anilines is 3. The van der Waals surface area contributed by atoms with Crippen LogP contribution < -0.4 is 10.6 Å². The molecule has 1 saturated carbocycles. The Hall–Kier alpha value is -2.63. The molecule has 1 fully saturated rings. The van der Waals surface area contributed by atoms with Crippen molar-refractivity contribution in [2.75, 3.05) is 17.7 Å². The van der Waals surface area contributed by atoms with E-state index in [1.807, 2.05) is 25.1 Å². The summed E-state index contributed by atoms with van der Waals surface area (Å²) in [5, 5.41) is 6.79. The number of aromatic nitrogens is 2. The van der Waals surface area contributed by atoms with Crippen LogP contribution in [0.1, 0.15) is 48.3 Å². The third-order valence-corrected chi connectivity index (χ3v) is 4.37. The number of carbonyl (C=O) groups excluding carboxylic acids is 1. The maximum atomic E-state index is 11.5. The number of esters is 1. The van der Waals surface area contributed by atoms with E-state index in [9.17, 15) is 4.79 Å². The Bertz CT molecular complexity index is 725. The second-order valence-corrected chi connectivity index (χ2v) is 6.36. The number of nitrogens with zero attached hydrogens (tertiary/aromatic N) is 2. The fourth-order valence-electron chi connectivity index (χ4n) is 3.12. The number of ether oxygens (including phenoxy) is 1. The highest BCUT2D eigenvalue weighted by Crippen LogP contribution is 2.23. The van der Waals surface area contributed by atoms with Gasteiger partial charge in [0.25, 0.3) is 0 Å². The number of nitrogens with one attached hydrogen (secondary N) is 2. The van der Waals surface area contributed by atoms with Crippen molar-refractivity contribution < 1.29 is 9.53 Å². The van der Waals surface area contributed by atoms with Crippen molar-refractivity contribution in [2.45, 2.75) is 45.1 Å². The lowest BCUT2D eigenvalue weighted by molar-refractivity contribution is 0.0601. The Morgan fingerprint density at radius 2 is 1.76 bits per heavy atom. The molecule has 1 aliphatic carbocycles. The smallest absolute Gasteiger partial charge is 0.337 e. The Labute approximate surface area is 148 Å². The Morgan fingerprint density at radius 3 is 2.44 bits per heavy atom. The van der Waals surface area contributed by atoms with Crippen molar-refractivity contribution in [2.24, 2.45) is 0 Å². The molecule has 0 unspecified atom stereocenters. The van der Waals surface area contributed by atoms with Gasteiger partial charge >= 0.3 is 5.97 Å². The minimum atomic E-state index is -0.344.